The van der Waals surface area contributed by atoms with Gasteiger partial charge in [0.2, 0.25) is 0 Å². The predicted molar refractivity (Wildman–Crippen MR) is 48.4 cm³/mol. The van der Waals surface area contributed by atoms with Gasteiger partial charge in [-0.15, -0.1) is 0 Å². The van der Waals surface area contributed by atoms with E-state index in [1.54, 1.807) is 0 Å². The van der Waals surface area contributed by atoms with Crippen LogP contribution in [0.15, 0.2) is 10.3 Å². The number of hydrogen-bond donors (Lipinski definition) is 2. The van der Waals surface area contributed by atoms with Crippen LogP contribution in [0.4, 0.5) is 0 Å². The summed E-state index contributed by atoms with van der Waals surface area (Å²) in [4.78, 5) is 0. The molecule has 2 bridgehead atoms. The lowest BCUT2D eigenvalue weighted by molar-refractivity contribution is 0.282. The summed E-state index contributed by atoms with van der Waals surface area (Å²) in [6.45, 7) is 4.28. The monoisotopic (exact) mass is 182 g/mol. The van der Waals surface area contributed by atoms with Gasteiger partial charge in [-0.1, -0.05) is 24.2 Å². The lowest BCUT2D eigenvalue weighted by atomic mass is 9.82. The molecule has 72 valence electrons. The standard InChI is InChI=1S/C9H14N2O2/c1-9(2)5-3-4-6(9)8(11-13)7(5)10-12/h5-6,12-13H,3-4H2,1-2H3. The molecule has 2 aliphatic rings. The van der Waals surface area contributed by atoms with Crippen molar-refractivity contribution in [3.8, 4) is 0 Å². The van der Waals surface area contributed by atoms with Crippen LogP contribution in [0.5, 0.6) is 0 Å². The molecule has 4 heteroatoms. The molecular weight excluding hydrogens is 168 g/mol. The van der Waals surface area contributed by atoms with Gasteiger partial charge in [-0.05, 0) is 18.3 Å². The molecule has 4 nitrogen and oxygen atoms in total. The first-order chi connectivity index (χ1) is 6.12. The van der Waals surface area contributed by atoms with Gasteiger partial charge in [0, 0.05) is 11.8 Å². The minimum Gasteiger partial charge on any atom is -0.411 e. The van der Waals surface area contributed by atoms with Gasteiger partial charge < -0.3 is 10.4 Å². The minimum atomic E-state index is 0.0864. The summed E-state index contributed by atoms with van der Waals surface area (Å²) in [5.41, 5.74) is 1.26. The van der Waals surface area contributed by atoms with Crippen molar-refractivity contribution in [3.05, 3.63) is 0 Å². The molecule has 2 N–H and O–H groups in total. The molecule has 13 heavy (non-hydrogen) atoms. The van der Waals surface area contributed by atoms with E-state index in [2.05, 4.69) is 24.2 Å². The number of rotatable bonds is 0. The van der Waals surface area contributed by atoms with E-state index >= 15 is 0 Å². The minimum absolute atomic E-state index is 0.0864. The Balaban J connectivity index is 2.49. The molecule has 2 fully saturated rings. The zero-order chi connectivity index (χ0) is 9.64. The maximum Gasteiger partial charge on any atom is 0.108 e. The first-order valence-corrected chi connectivity index (χ1v) is 4.57. The van der Waals surface area contributed by atoms with E-state index in [-0.39, 0.29) is 17.3 Å². The molecule has 0 aromatic heterocycles. The van der Waals surface area contributed by atoms with E-state index in [1.165, 1.54) is 0 Å². The van der Waals surface area contributed by atoms with Crippen molar-refractivity contribution in [2.75, 3.05) is 0 Å². The van der Waals surface area contributed by atoms with Crippen LogP contribution >= 0.6 is 0 Å². The first-order valence-electron chi connectivity index (χ1n) is 4.57. The third kappa shape index (κ3) is 0.857. The lowest BCUT2D eigenvalue weighted by Crippen LogP contribution is -2.22. The van der Waals surface area contributed by atoms with Crippen LogP contribution in [0.2, 0.25) is 0 Å². The highest BCUT2D eigenvalue weighted by atomic mass is 16.4. The maximum atomic E-state index is 8.82. The van der Waals surface area contributed by atoms with E-state index in [4.69, 9.17) is 10.4 Å². The van der Waals surface area contributed by atoms with Gasteiger partial charge in [-0.3, -0.25) is 0 Å². The topological polar surface area (TPSA) is 65.2 Å². The Hall–Kier alpha value is -1.06. The summed E-state index contributed by atoms with van der Waals surface area (Å²) in [7, 11) is 0. The fourth-order valence-corrected chi connectivity index (χ4v) is 2.90. The van der Waals surface area contributed by atoms with Crippen LogP contribution in [-0.4, -0.2) is 21.8 Å². The maximum absolute atomic E-state index is 8.82. The van der Waals surface area contributed by atoms with E-state index in [0.717, 1.165) is 12.8 Å². The summed E-state index contributed by atoms with van der Waals surface area (Å²) < 4.78 is 0. The zero-order valence-electron chi connectivity index (χ0n) is 7.86. The van der Waals surface area contributed by atoms with Gasteiger partial charge in [-0.2, -0.15) is 0 Å². The third-order valence-corrected chi connectivity index (χ3v) is 3.68. The average molecular weight is 182 g/mol. The fourth-order valence-electron chi connectivity index (χ4n) is 2.90. The van der Waals surface area contributed by atoms with Crippen LogP contribution in [-0.2, 0) is 0 Å². The normalized spacial score (nSPS) is 42.0. The predicted octanol–water partition coefficient (Wildman–Crippen LogP) is 1.71. The molecule has 0 saturated heterocycles. The second-order valence-corrected chi connectivity index (χ2v) is 4.47. The van der Waals surface area contributed by atoms with Gasteiger partial charge in [-0.25, -0.2) is 0 Å². The average Bonchev–Trinajstić information content (AvgIpc) is 2.52. The van der Waals surface area contributed by atoms with E-state index < -0.39 is 0 Å². The second kappa shape index (κ2) is 2.47. The molecule has 2 rings (SSSR count). The van der Waals surface area contributed by atoms with Crippen molar-refractivity contribution >= 4 is 11.4 Å². The van der Waals surface area contributed by atoms with E-state index in [0.29, 0.717) is 11.4 Å². The molecule has 2 atom stereocenters. The Morgan fingerprint density at radius 2 is 1.46 bits per heavy atom. The Morgan fingerprint density at radius 1 is 1.08 bits per heavy atom. The van der Waals surface area contributed by atoms with E-state index in [9.17, 15) is 0 Å². The van der Waals surface area contributed by atoms with Gasteiger partial charge in [0.25, 0.3) is 0 Å². The highest BCUT2D eigenvalue weighted by Gasteiger charge is 2.56. The summed E-state index contributed by atoms with van der Waals surface area (Å²) in [6, 6.07) is 0. The molecule has 2 aliphatic carbocycles. The quantitative estimate of drug-likeness (QED) is 0.442. The Labute approximate surface area is 76.9 Å². The number of hydrogen-bond acceptors (Lipinski definition) is 4. The summed E-state index contributed by atoms with van der Waals surface area (Å²) in [5, 5.41) is 24.1. The molecule has 0 amide bonds. The SMILES string of the molecule is CC1(C)C2CCC1C(=NO)C2=NO. The number of oxime groups is 2. The Bertz CT molecular complexity index is 266. The van der Waals surface area contributed by atoms with Crippen LogP contribution in [0, 0.1) is 17.3 Å². The molecule has 0 spiro atoms. The first kappa shape index (κ1) is 8.53. The number of fused-ring (bicyclic) bond motifs is 2. The van der Waals surface area contributed by atoms with Crippen molar-refractivity contribution in [2.45, 2.75) is 26.7 Å². The Kier molecular flexibility index (Phi) is 1.62. The fraction of sp³-hybridized carbons (Fsp3) is 0.778. The highest BCUT2D eigenvalue weighted by molar-refractivity contribution is 6.46. The molecular formula is C9H14N2O2. The van der Waals surface area contributed by atoms with Crippen molar-refractivity contribution in [1.29, 1.82) is 0 Å². The smallest absolute Gasteiger partial charge is 0.108 e. The third-order valence-electron chi connectivity index (χ3n) is 3.68. The summed E-state index contributed by atoms with van der Waals surface area (Å²) in [6.07, 6.45) is 2.08. The molecule has 0 aromatic carbocycles. The van der Waals surface area contributed by atoms with Crippen molar-refractivity contribution in [2.24, 2.45) is 27.6 Å². The highest BCUT2D eigenvalue weighted by Crippen LogP contribution is 2.54. The van der Waals surface area contributed by atoms with Crippen molar-refractivity contribution in [3.63, 3.8) is 0 Å². The van der Waals surface area contributed by atoms with Crippen molar-refractivity contribution < 1.29 is 10.4 Å². The molecule has 2 saturated carbocycles. The largest absolute Gasteiger partial charge is 0.411 e. The summed E-state index contributed by atoms with van der Waals surface area (Å²) >= 11 is 0. The van der Waals surface area contributed by atoms with Gasteiger partial charge >= 0.3 is 0 Å². The molecule has 2 unspecified atom stereocenters. The zero-order valence-corrected chi connectivity index (χ0v) is 7.86. The molecule has 0 heterocycles. The molecule has 0 radical (unpaired) electrons. The van der Waals surface area contributed by atoms with Crippen LogP contribution in [0.25, 0.3) is 0 Å². The van der Waals surface area contributed by atoms with Crippen LogP contribution < -0.4 is 0 Å². The lowest BCUT2D eigenvalue weighted by Gasteiger charge is -2.21. The van der Waals surface area contributed by atoms with Crippen LogP contribution in [0.3, 0.4) is 0 Å². The number of nitrogens with zero attached hydrogens (tertiary/aromatic N) is 2. The molecule has 0 aromatic rings. The molecule has 0 aliphatic heterocycles. The Morgan fingerprint density at radius 3 is 1.77 bits per heavy atom. The van der Waals surface area contributed by atoms with Gasteiger partial charge in [0.15, 0.2) is 0 Å². The van der Waals surface area contributed by atoms with Crippen molar-refractivity contribution in [1.82, 2.24) is 0 Å². The van der Waals surface area contributed by atoms with Gasteiger partial charge in [0.1, 0.15) is 11.4 Å². The summed E-state index contributed by atoms with van der Waals surface area (Å²) in [5.74, 6) is 0.516. The van der Waals surface area contributed by atoms with E-state index in [1.807, 2.05) is 0 Å². The second-order valence-electron chi connectivity index (χ2n) is 4.47. The van der Waals surface area contributed by atoms with Crippen LogP contribution in [0.1, 0.15) is 26.7 Å². The van der Waals surface area contributed by atoms with Gasteiger partial charge in [0.05, 0.1) is 0 Å².